The minimum atomic E-state index is -0.0204. The Morgan fingerprint density at radius 3 is 2.95 bits per heavy atom. The van der Waals surface area contributed by atoms with E-state index in [0.29, 0.717) is 19.1 Å². The summed E-state index contributed by atoms with van der Waals surface area (Å²) in [7, 11) is 1.96. The molecule has 1 aliphatic heterocycles. The summed E-state index contributed by atoms with van der Waals surface area (Å²) in [6.07, 6.45) is 5.86. The first-order valence-corrected chi connectivity index (χ1v) is 8.02. The number of fused-ring (bicyclic) bond motifs is 1. The Morgan fingerprint density at radius 1 is 1.45 bits per heavy atom. The second-order valence-electron chi connectivity index (χ2n) is 6.22. The van der Waals surface area contributed by atoms with E-state index < -0.39 is 0 Å². The Labute approximate surface area is 131 Å². The third-order valence-corrected chi connectivity index (χ3v) is 4.77. The highest BCUT2D eigenvalue weighted by molar-refractivity contribution is 5.75. The van der Waals surface area contributed by atoms with Gasteiger partial charge in [-0.3, -0.25) is 0 Å². The number of pyridine rings is 1. The van der Waals surface area contributed by atoms with E-state index in [1.165, 1.54) is 6.42 Å². The topological polar surface area (TPSA) is 68.7 Å². The van der Waals surface area contributed by atoms with Gasteiger partial charge in [-0.2, -0.15) is 0 Å². The van der Waals surface area contributed by atoms with Gasteiger partial charge in [-0.05, 0) is 31.7 Å². The first kappa shape index (κ1) is 15.1. The van der Waals surface area contributed by atoms with E-state index in [2.05, 4.69) is 10.3 Å². The van der Waals surface area contributed by atoms with Crippen molar-refractivity contribution >= 4 is 11.8 Å². The van der Waals surface area contributed by atoms with Crippen molar-refractivity contribution in [3.63, 3.8) is 0 Å². The number of aromatic nitrogens is 1. The second kappa shape index (κ2) is 6.52. The first-order chi connectivity index (χ1) is 10.7. The molecule has 120 valence electrons. The third kappa shape index (κ3) is 3.02. The van der Waals surface area contributed by atoms with E-state index in [1.807, 2.05) is 29.0 Å². The van der Waals surface area contributed by atoms with Gasteiger partial charge in [0, 0.05) is 31.4 Å². The van der Waals surface area contributed by atoms with Gasteiger partial charge in [0.05, 0.1) is 19.2 Å². The molecular weight excluding hydrogens is 280 g/mol. The molecule has 0 bridgehead atoms. The molecule has 1 fully saturated rings. The fraction of sp³-hybridized carbons (Fsp3) is 0.625. The normalized spacial score (nSPS) is 22.4. The number of amides is 2. The van der Waals surface area contributed by atoms with Gasteiger partial charge in [0.25, 0.3) is 0 Å². The average Bonchev–Trinajstić information content (AvgIpc) is 2.48. The second-order valence-corrected chi connectivity index (χ2v) is 6.22. The monoisotopic (exact) mass is 304 g/mol. The van der Waals surface area contributed by atoms with Crippen molar-refractivity contribution in [1.29, 1.82) is 0 Å². The summed E-state index contributed by atoms with van der Waals surface area (Å²) in [6.45, 7) is 1.26. The summed E-state index contributed by atoms with van der Waals surface area (Å²) in [5.41, 5.74) is 1.02. The number of hydrogen-bond acceptors (Lipinski definition) is 4. The Bertz CT molecular complexity index is 533. The number of anilines is 1. The maximum absolute atomic E-state index is 12.5. The molecule has 2 aliphatic rings. The van der Waals surface area contributed by atoms with Crippen LogP contribution in [0.5, 0.6) is 0 Å². The minimum absolute atomic E-state index is 0.000691. The maximum Gasteiger partial charge on any atom is 0.317 e. The summed E-state index contributed by atoms with van der Waals surface area (Å²) < 4.78 is 0. The van der Waals surface area contributed by atoms with E-state index in [4.69, 9.17) is 0 Å². The molecule has 1 atom stereocenters. The number of rotatable bonds is 2. The number of nitrogens with one attached hydrogen (secondary N) is 1. The molecule has 2 heterocycles. The van der Waals surface area contributed by atoms with Crippen molar-refractivity contribution in [3.05, 3.63) is 23.9 Å². The average molecular weight is 304 g/mol. The van der Waals surface area contributed by atoms with Gasteiger partial charge in [-0.25, -0.2) is 9.78 Å². The molecule has 0 unspecified atom stereocenters. The van der Waals surface area contributed by atoms with Gasteiger partial charge in [0.1, 0.15) is 5.82 Å². The first-order valence-electron chi connectivity index (χ1n) is 8.02. The quantitative estimate of drug-likeness (QED) is 0.865. The van der Waals surface area contributed by atoms with Crippen molar-refractivity contribution in [2.45, 2.75) is 44.3 Å². The van der Waals surface area contributed by atoms with E-state index in [0.717, 1.165) is 30.6 Å². The zero-order valence-corrected chi connectivity index (χ0v) is 13.0. The molecule has 0 spiro atoms. The maximum atomic E-state index is 12.5. The molecule has 0 aromatic carbocycles. The molecule has 2 N–H and O–H groups in total. The van der Waals surface area contributed by atoms with Crippen molar-refractivity contribution in [1.82, 2.24) is 15.2 Å². The highest BCUT2D eigenvalue weighted by atomic mass is 16.3. The van der Waals surface area contributed by atoms with Crippen LogP contribution in [0.1, 0.15) is 31.2 Å². The van der Waals surface area contributed by atoms with Crippen LogP contribution in [0, 0.1) is 0 Å². The zero-order valence-electron chi connectivity index (χ0n) is 13.0. The molecule has 6 nitrogen and oxygen atoms in total. The largest absolute Gasteiger partial charge is 0.394 e. The molecule has 0 saturated heterocycles. The molecule has 22 heavy (non-hydrogen) atoms. The number of urea groups is 1. The highest BCUT2D eigenvalue weighted by Crippen LogP contribution is 2.24. The lowest BCUT2D eigenvalue weighted by atomic mass is 9.93. The van der Waals surface area contributed by atoms with Crippen LogP contribution < -0.4 is 10.2 Å². The van der Waals surface area contributed by atoms with Gasteiger partial charge in [0.2, 0.25) is 0 Å². The molecule has 1 aromatic rings. The predicted octanol–water partition coefficient (Wildman–Crippen LogP) is 1.35. The fourth-order valence-electron chi connectivity index (χ4n) is 3.03. The van der Waals surface area contributed by atoms with Crippen LogP contribution in [0.15, 0.2) is 18.3 Å². The highest BCUT2D eigenvalue weighted by Gasteiger charge is 2.27. The van der Waals surface area contributed by atoms with Gasteiger partial charge >= 0.3 is 6.03 Å². The molecule has 1 saturated carbocycles. The van der Waals surface area contributed by atoms with Crippen molar-refractivity contribution < 1.29 is 9.90 Å². The molecule has 1 aromatic heterocycles. The summed E-state index contributed by atoms with van der Waals surface area (Å²) in [4.78, 5) is 20.8. The standard InChI is InChI=1S/C16H24N4O2/c1-19-14(11-21)7-9-20(16(22)18-13-5-2-6-13)10-12-4-3-8-17-15(12)19/h3-4,8,13-14,21H,2,5-7,9-11H2,1H3,(H,18,22)/t14-/m0/s1. The smallest absolute Gasteiger partial charge is 0.317 e. The summed E-state index contributed by atoms with van der Waals surface area (Å²) in [6, 6.07) is 4.21. The minimum Gasteiger partial charge on any atom is -0.394 e. The summed E-state index contributed by atoms with van der Waals surface area (Å²) in [5, 5.41) is 12.7. The Morgan fingerprint density at radius 2 is 2.27 bits per heavy atom. The van der Waals surface area contributed by atoms with Crippen LogP contribution >= 0.6 is 0 Å². The van der Waals surface area contributed by atoms with E-state index in [-0.39, 0.29) is 18.7 Å². The SMILES string of the molecule is CN1c2ncccc2CN(C(=O)NC2CCC2)CC[C@H]1CO. The number of likely N-dealkylation sites (N-methyl/N-ethyl adjacent to an activating group) is 1. The zero-order chi connectivity index (χ0) is 15.5. The van der Waals surface area contributed by atoms with Crippen molar-refractivity contribution in [3.8, 4) is 0 Å². The van der Waals surface area contributed by atoms with E-state index >= 15 is 0 Å². The molecular formula is C16H24N4O2. The predicted molar refractivity (Wildman–Crippen MR) is 84.7 cm³/mol. The van der Waals surface area contributed by atoms with Crippen LogP contribution in [0.4, 0.5) is 10.6 Å². The van der Waals surface area contributed by atoms with Gasteiger partial charge in [-0.1, -0.05) is 6.07 Å². The fourth-order valence-corrected chi connectivity index (χ4v) is 3.03. The van der Waals surface area contributed by atoms with Crippen LogP contribution in [-0.4, -0.2) is 53.3 Å². The number of aliphatic hydroxyl groups is 1. The number of aliphatic hydroxyl groups excluding tert-OH is 1. The summed E-state index contributed by atoms with van der Waals surface area (Å²) in [5.74, 6) is 0.850. The number of nitrogens with zero attached hydrogens (tertiary/aromatic N) is 3. The lowest BCUT2D eigenvalue weighted by Crippen LogP contribution is -2.49. The molecule has 6 heteroatoms. The molecule has 2 amide bonds. The Hall–Kier alpha value is -1.82. The van der Waals surface area contributed by atoms with Crippen LogP contribution in [0.25, 0.3) is 0 Å². The van der Waals surface area contributed by atoms with Gasteiger partial charge in [-0.15, -0.1) is 0 Å². The number of carbonyl (C=O) groups is 1. The van der Waals surface area contributed by atoms with Gasteiger partial charge < -0.3 is 20.2 Å². The van der Waals surface area contributed by atoms with E-state index in [9.17, 15) is 9.90 Å². The summed E-state index contributed by atoms with van der Waals surface area (Å²) >= 11 is 0. The van der Waals surface area contributed by atoms with E-state index in [1.54, 1.807) is 6.20 Å². The van der Waals surface area contributed by atoms with Crippen LogP contribution in [0.3, 0.4) is 0 Å². The molecule has 0 radical (unpaired) electrons. The van der Waals surface area contributed by atoms with Crippen LogP contribution in [-0.2, 0) is 6.54 Å². The van der Waals surface area contributed by atoms with Gasteiger partial charge in [0.15, 0.2) is 0 Å². The molecule has 3 rings (SSSR count). The van der Waals surface area contributed by atoms with Crippen molar-refractivity contribution in [2.75, 3.05) is 25.1 Å². The lowest BCUT2D eigenvalue weighted by Gasteiger charge is -2.36. The van der Waals surface area contributed by atoms with Crippen LogP contribution in [0.2, 0.25) is 0 Å². The van der Waals surface area contributed by atoms with Crippen molar-refractivity contribution in [2.24, 2.45) is 0 Å². The lowest BCUT2D eigenvalue weighted by molar-refractivity contribution is 0.175. The Balaban J connectivity index is 1.79. The Kier molecular flexibility index (Phi) is 4.47. The number of hydrogen-bond donors (Lipinski definition) is 2. The third-order valence-electron chi connectivity index (χ3n) is 4.77. The molecule has 1 aliphatic carbocycles. The number of carbonyl (C=O) groups excluding carboxylic acids is 1.